The number of hydrogen-bond acceptors (Lipinski definition) is 5. The highest BCUT2D eigenvalue weighted by atomic mass is 16.5. The fraction of sp³-hybridized carbons (Fsp3) is 0.353. The average molecular weight is 326 g/mol. The smallest absolute Gasteiger partial charge is 0.320 e. The van der Waals surface area contributed by atoms with E-state index < -0.39 is 12.1 Å². The predicted octanol–water partition coefficient (Wildman–Crippen LogP) is 1.54. The topological polar surface area (TPSA) is 102 Å². The van der Waals surface area contributed by atoms with Crippen LogP contribution in [-0.4, -0.2) is 34.3 Å². The van der Waals surface area contributed by atoms with Gasteiger partial charge < -0.3 is 15.6 Å². The number of aromatic nitrogens is 2. The number of anilines is 1. The van der Waals surface area contributed by atoms with Crippen molar-refractivity contribution in [2.75, 3.05) is 18.1 Å². The number of fused-ring (bicyclic) bond motifs is 2. The molecule has 0 spiro atoms. The van der Waals surface area contributed by atoms with Crippen molar-refractivity contribution < 1.29 is 14.6 Å². The van der Waals surface area contributed by atoms with Crippen molar-refractivity contribution in [3.63, 3.8) is 0 Å². The molecule has 0 radical (unpaired) electrons. The zero-order chi connectivity index (χ0) is 16.7. The molecule has 2 amide bonds. The molecule has 0 aromatic carbocycles. The largest absolute Gasteiger partial charge is 0.386 e. The van der Waals surface area contributed by atoms with E-state index >= 15 is 0 Å². The molecule has 0 aliphatic carbocycles. The van der Waals surface area contributed by atoms with Gasteiger partial charge >= 0.3 is 6.03 Å². The van der Waals surface area contributed by atoms with E-state index in [4.69, 9.17) is 10.5 Å². The lowest BCUT2D eigenvalue weighted by atomic mass is 9.92. The molecule has 2 aliphatic rings. The fourth-order valence-corrected chi connectivity index (χ4v) is 3.44. The molecule has 4 rings (SSSR count). The van der Waals surface area contributed by atoms with E-state index in [2.05, 4.69) is 9.97 Å². The molecule has 0 fully saturated rings. The zero-order valence-electron chi connectivity index (χ0n) is 13.1. The van der Waals surface area contributed by atoms with Crippen molar-refractivity contribution >= 4 is 11.8 Å². The van der Waals surface area contributed by atoms with Crippen molar-refractivity contribution in [1.29, 1.82) is 0 Å². The fourth-order valence-electron chi connectivity index (χ4n) is 3.44. The Morgan fingerprint density at radius 1 is 1.33 bits per heavy atom. The standard InChI is InChI=1S/C17H18N4O3/c18-17(23)21-3-1-2-10-4-11(6-20-16(10)21)13-7-19-5-12-8-24-9-14(22)15(12)13/h4-7,14,22H,1-3,8-9H2,(H2,18,23). The Morgan fingerprint density at radius 2 is 2.21 bits per heavy atom. The molecular weight excluding hydrogens is 308 g/mol. The normalized spacial score (nSPS) is 19.5. The molecule has 24 heavy (non-hydrogen) atoms. The van der Waals surface area contributed by atoms with Crippen LogP contribution in [0.1, 0.15) is 29.2 Å². The summed E-state index contributed by atoms with van der Waals surface area (Å²) in [6.07, 6.45) is 6.19. The van der Waals surface area contributed by atoms with Gasteiger partial charge in [0.05, 0.1) is 13.2 Å². The van der Waals surface area contributed by atoms with E-state index in [1.165, 1.54) is 4.90 Å². The molecule has 1 atom stereocenters. The Hall–Kier alpha value is -2.51. The molecule has 1 unspecified atom stereocenters. The highest BCUT2D eigenvalue weighted by Gasteiger charge is 2.26. The number of hydrogen-bond donors (Lipinski definition) is 2. The number of aliphatic hydroxyl groups excluding tert-OH is 1. The van der Waals surface area contributed by atoms with Gasteiger partial charge in [0, 0.05) is 41.8 Å². The summed E-state index contributed by atoms with van der Waals surface area (Å²) >= 11 is 0. The molecular formula is C17H18N4O3. The van der Waals surface area contributed by atoms with Gasteiger partial charge in [-0.1, -0.05) is 0 Å². The number of carbonyl (C=O) groups is 1. The van der Waals surface area contributed by atoms with E-state index in [9.17, 15) is 9.90 Å². The Balaban J connectivity index is 1.81. The second-order valence-corrected chi connectivity index (χ2v) is 6.09. The van der Waals surface area contributed by atoms with Crippen molar-refractivity contribution in [2.24, 2.45) is 5.73 Å². The van der Waals surface area contributed by atoms with Gasteiger partial charge in [-0.3, -0.25) is 9.88 Å². The van der Waals surface area contributed by atoms with E-state index in [0.717, 1.165) is 40.7 Å². The molecule has 3 N–H and O–H groups in total. The second-order valence-electron chi connectivity index (χ2n) is 6.09. The first-order valence-electron chi connectivity index (χ1n) is 7.94. The van der Waals surface area contributed by atoms with E-state index in [-0.39, 0.29) is 6.61 Å². The monoisotopic (exact) mass is 326 g/mol. The van der Waals surface area contributed by atoms with Crippen LogP contribution in [-0.2, 0) is 17.8 Å². The molecule has 0 saturated heterocycles. The summed E-state index contributed by atoms with van der Waals surface area (Å²) in [5.74, 6) is 0.624. The van der Waals surface area contributed by atoms with E-state index in [1.807, 2.05) is 6.07 Å². The Kier molecular flexibility index (Phi) is 3.66. The van der Waals surface area contributed by atoms with Crippen molar-refractivity contribution in [2.45, 2.75) is 25.6 Å². The Labute approximate surface area is 139 Å². The van der Waals surface area contributed by atoms with Crippen LogP contribution in [0.15, 0.2) is 24.7 Å². The quantitative estimate of drug-likeness (QED) is 0.827. The Morgan fingerprint density at radius 3 is 3.04 bits per heavy atom. The predicted molar refractivity (Wildman–Crippen MR) is 87.3 cm³/mol. The lowest BCUT2D eigenvalue weighted by Gasteiger charge is -2.28. The van der Waals surface area contributed by atoms with Gasteiger partial charge in [-0.15, -0.1) is 0 Å². The van der Waals surface area contributed by atoms with E-state index in [1.54, 1.807) is 18.6 Å². The molecule has 124 valence electrons. The Bertz CT molecular complexity index is 808. The van der Waals surface area contributed by atoms with Crippen LogP contribution >= 0.6 is 0 Å². The van der Waals surface area contributed by atoms with Crippen LogP contribution in [0.25, 0.3) is 11.1 Å². The maximum Gasteiger partial charge on any atom is 0.320 e. The first-order chi connectivity index (χ1) is 11.6. The number of nitrogens with two attached hydrogens (primary N) is 1. The average Bonchev–Trinajstić information content (AvgIpc) is 2.60. The van der Waals surface area contributed by atoms with Crippen molar-refractivity contribution in [1.82, 2.24) is 9.97 Å². The van der Waals surface area contributed by atoms with Gasteiger partial charge in [-0.2, -0.15) is 0 Å². The number of primary amides is 1. The van der Waals surface area contributed by atoms with Crippen LogP contribution < -0.4 is 10.6 Å². The first kappa shape index (κ1) is 15.0. The minimum absolute atomic E-state index is 0.276. The van der Waals surface area contributed by atoms with Crippen LogP contribution in [0.5, 0.6) is 0 Å². The van der Waals surface area contributed by atoms with E-state index in [0.29, 0.717) is 19.0 Å². The highest BCUT2D eigenvalue weighted by molar-refractivity contribution is 5.91. The van der Waals surface area contributed by atoms with Crippen molar-refractivity contribution in [3.05, 3.63) is 41.3 Å². The number of aliphatic hydroxyl groups is 1. The summed E-state index contributed by atoms with van der Waals surface area (Å²) in [5.41, 5.74) is 9.89. The number of pyridine rings is 2. The van der Waals surface area contributed by atoms with Gasteiger partial charge in [0.1, 0.15) is 11.9 Å². The second kappa shape index (κ2) is 5.85. The number of amides is 2. The van der Waals surface area contributed by atoms with Gasteiger partial charge in [0.25, 0.3) is 0 Å². The lowest BCUT2D eigenvalue weighted by molar-refractivity contribution is 0.00995. The molecule has 2 aromatic heterocycles. The SMILES string of the molecule is NC(=O)N1CCCc2cc(-c3cncc4c3C(O)COC4)cnc21. The van der Waals surface area contributed by atoms with Gasteiger partial charge in [-0.05, 0) is 30.0 Å². The minimum atomic E-state index is -0.676. The van der Waals surface area contributed by atoms with Crippen LogP contribution in [0.2, 0.25) is 0 Å². The number of ether oxygens (including phenoxy) is 1. The highest BCUT2D eigenvalue weighted by Crippen LogP contribution is 2.35. The van der Waals surface area contributed by atoms with Crippen molar-refractivity contribution in [3.8, 4) is 11.1 Å². The van der Waals surface area contributed by atoms with Gasteiger partial charge in [0.2, 0.25) is 0 Å². The molecule has 2 aliphatic heterocycles. The molecule has 0 saturated carbocycles. The minimum Gasteiger partial charge on any atom is -0.386 e. The van der Waals surface area contributed by atoms with Crippen LogP contribution in [0.4, 0.5) is 10.6 Å². The molecule has 4 heterocycles. The lowest BCUT2D eigenvalue weighted by Crippen LogP contribution is -2.40. The number of nitrogens with zero attached hydrogens (tertiary/aromatic N) is 3. The molecule has 7 heteroatoms. The van der Waals surface area contributed by atoms with Crippen LogP contribution in [0, 0.1) is 0 Å². The third kappa shape index (κ3) is 2.42. The number of carbonyl (C=O) groups excluding carboxylic acids is 1. The summed E-state index contributed by atoms with van der Waals surface area (Å²) in [6, 6.07) is 1.53. The molecule has 0 bridgehead atoms. The maximum atomic E-state index is 11.6. The number of urea groups is 1. The molecule has 7 nitrogen and oxygen atoms in total. The van der Waals surface area contributed by atoms with Gasteiger partial charge in [-0.25, -0.2) is 9.78 Å². The summed E-state index contributed by atoms with van der Waals surface area (Å²) in [7, 11) is 0. The zero-order valence-corrected chi connectivity index (χ0v) is 13.1. The summed E-state index contributed by atoms with van der Waals surface area (Å²) in [5, 5.41) is 10.3. The third-order valence-electron chi connectivity index (χ3n) is 4.54. The number of rotatable bonds is 1. The van der Waals surface area contributed by atoms with Gasteiger partial charge in [0.15, 0.2) is 0 Å². The number of aryl methyl sites for hydroxylation is 1. The maximum absolute atomic E-state index is 11.6. The van der Waals surface area contributed by atoms with Crippen LogP contribution in [0.3, 0.4) is 0 Å². The summed E-state index contributed by atoms with van der Waals surface area (Å²) in [4.78, 5) is 21.8. The summed E-state index contributed by atoms with van der Waals surface area (Å²) in [6.45, 7) is 1.31. The summed E-state index contributed by atoms with van der Waals surface area (Å²) < 4.78 is 5.37. The first-order valence-corrected chi connectivity index (χ1v) is 7.94. The molecule has 2 aromatic rings. The third-order valence-corrected chi connectivity index (χ3v) is 4.54.